The number of amides is 1. The molecular weight excluding hydrogens is 418 g/mol. The first-order valence-electron chi connectivity index (χ1n) is 8.23. The summed E-state index contributed by atoms with van der Waals surface area (Å²) in [5, 5.41) is 14.0. The van der Waals surface area contributed by atoms with Crippen molar-refractivity contribution in [1.82, 2.24) is 25.1 Å². The Morgan fingerprint density at radius 1 is 1.32 bits per heavy atom. The van der Waals surface area contributed by atoms with Crippen LogP contribution in [0.1, 0.15) is 5.69 Å². The first-order valence-corrected chi connectivity index (χ1v) is 10.5. The lowest BCUT2D eigenvalue weighted by Gasteiger charge is -2.06. The molecule has 1 N–H and O–H groups in total. The first-order chi connectivity index (χ1) is 13.7. The highest BCUT2D eigenvalue weighted by Crippen LogP contribution is 2.24. The average Bonchev–Trinajstić information content (AvgIpc) is 3.46. The summed E-state index contributed by atoms with van der Waals surface area (Å²) in [5.74, 6) is 0.629. The summed E-state index contributed by atoms with van der Waals surface area (Å²) >= 11 is 8.88. The molecule has 0 atom stereocenters. The molecule has 0 bridgehead atoms. The fourth-order valence-corrected chi connectivity index (χ4v) is 4.00. The molecule has 142 valence electrons. The van der Waals surface area contributed by atoms with Crippen LogP contribution < -0.4 is 5.32 Å². The lowest BCUT2D eigenvalue weighted by atomic mass is 10.3. The van der Waals surface area contributed by atoms with Crippen LogP contribution >= 0.6 is 34.7 Å². The standard InChI is InChI=1S/C18H14ClN5O2S2/c19-12-3-1-4-14(7-12)24-11-21-23-18(24)28-10-16(25)20-8-13-9-26-17(22-13)15-5-2-6-27-15/h1-7,9,11H,8,10H2,(H,20,25). The van der Waals surface area contributed by atoms with E-state index in [1.54, 1.807) is 34.6 Å². The number of carbonyl (C=O) groups excluding carboxylic acids is 1. The van der Waals surface area contributed by atoms with Crippen molar-refractivity contribution in [2.24, 2.45) is 0 Å². The average molecular weight is 432 g/mol. The van der Waals surface area contributed by atoms with E-state index in [2.05, 4.69) is 20.5 Å². The third-order valence-electron chi connectivity index (χ3n) is 3.69. The molecule has 0 saturated heterocycles. The van der Waals surface area contributed by atoms with E-state index < -0.39 is 0 Å². The molecule has 1 aromatic carbocycles. The van der Waals surface area contributed by atoms with Gasteiger partial charge in [0, 0.05) is 5.02 Å². The smallest absolute Gasteiger partial charge is 0.236 e. The second-order valence-corrected chi connectivity index (χ2v) is 7.98. The number of thioether (sulfide) groups is 1. The highest BCUT2D eigenvalue weighted by Gasteiger charge is 2.12. The number of hydrogen-bond donors (Lipinski definition) is 1. The molecule has 4 rings (SSSR count). The number of rotatable bonds is 7. The van der Waals surface area contributed by atoms with Crippen molar-refractivity contribution in [1.29, 1.82) is 0 Å². The van der Waals surface area contributed by atoms with Crippen molar-refractivity contribution in [2.45, 2.75) is 11.7 Å². The molecule has 7 nitrogen and oxygen atoms in total. The van der Waals surface area contributed by atoms with Gasteiger partial charge >= 0.3 is 0 Å². The lowest BCUT2D eigenvalue weighted by molar-refractivity contribution is -0.118. The molecule has 0 aliphatic rings. The predicted octanol–water partition coefficient (Wildman–Crippen LogP) is 4.05. The van der Waals surface area contributed by atoms with Crippen LogP contribution in [0.4, 0.5) is 0 Å². The number of hydrogen-bond acceptors (Lipinski definition) is 7. The van der Waals surface area contributed by atoms with Crippen LogP contribution in [-0.4, -0.2) is 31.4 Å². The fourth-order valence-electron chi connectivity index (χ4n) is 2.40. The second-order valence-electron chi connectivity index (χ2n) is 5.65. The Balaban J connectivity index is 1.32. The number of carbonyl (C=O) groups is 1. The van der Waals surface area contributed by atoms with E-state index in [1.807, 2.05) is 35.7 Å². The minimum Gasteiger partial charge on any atom is -0.443 e. The molecular formula is C18H14ClN5O2S2. The summed E-state index contributed by atoms with van der Waals surface area (Å²) < 4.78 is 7.23. The van der Waals surface area contributed by atoms with Crippen molar-refractivity contribution in [3.8, 4) is 16.5 Å². The van der Waals surface area contributed by atoms with Crippen LogP contribution in [0.5, 0.6) is 0 Å². The fraction of sp³-hybridized carbons (Fsp3) is 0.111. The number of aromatic nitrogens is 4. The van der Waals surface area contributed by atoms with Crippen LogP contribution in [0.3, 0.4) is 0 Å². The van der Waals surface area contributed by atoms with Gasteiger partial charge in [0.15, 0.2) is 5.16 Å². The molecule has 3 aromatic heterocycles. The molecule has 0 spiro atoms. The summed E-state index contributed by atoms with van der Waals surface area (Å²) in [6, 6.07) is 11.2. The summed E-state index contributed by atoms with van der Waals surface area (Å²) in [6.45, 7) is 0.301. The molecule has 3 heterocycles. The van der Waals surface area contributed by atoms with E-state index in [0.29, 0.717) is 28.3 Å². The Morgan fingerprint density at radius 3 is 3.07 bits per heavy atom. The van der Waals surface area contributed by atoms with Crippen molar-refractivity contribution >= 4 is 40.6 Å². The van der Waals surface area contributed by atoms with Gasteiger partial charge in [-0.3, -0.25) is 9.36 Å². The number of halogens is 1. The maximum Gasteiger partial charge on any atom is 0.236 e. The number of benzene rings is 1. The van der Waals surface area contributed by atoms with Gasteiger partial charge in [-0.2, -0.15) is 0 Å². The Bertz CT molecular complexity index is 1080. The van der Waals surface area contributed by atoms with Gasteiger partial charge in [-0.15, -0.1) is 21.5 Å². The van der Waals surface area contributed by atoms with Crippen molar-refractivity contribution in [3.05, 3.63) is 65.1 Å². The number of oxazole rings is 1. The van der Waals surface area contributed by atoms with E-state index in [-0.39, 0.29) is 11.7 Å². The zero-order valence-corrected chi connectivity index (χ0v) is 16.8. The van der Waals surface area contributed by atoms with Crippen LogP contribution in [0.25, 0.3) is 16.5 Å². The lowest BCUT2D eigenvalue weighted by Crippen LogP contribution is -2.24. The molecule has 0 fully saturated rings. The maximum absolute atomic E-state index is 12.2. The topological polar surface area (TPSA) is 85.8 Å². The van der Waals surface area contributed by atoms with Crippen molar-refractivity contribution < 1.29 is 9.21 Å². The molecule has 28 heavy (non-hydrogen) atoms. The van der Waals surface area contributed by atoms with Gasteiger partial charge in [-0.1, -0.05) is 35.5 Å². The van der Waals surface area contributed by atoms with Gasteiger partial charge in [-0.25, -0.2) is 4.98 Å². The van der Waals surface area contributed by atoms with E-state index in [4.69, 9.17) is 16.0 Å². The third kappa shape index (κ3) is 4.44. The van der Waals surface area contributed by atoms with Gasteiger partial charge in [-0.05, 0) is 29.6 Å². The van der Waals surface area contributed by atoms with Gasteiger partial charge in [0.25, 0.3) is 0 Å². The van der Waals surface area contributed by atoms with Crippen LogP contribution in [-0.2, 0) is 11.3 Å². The summed E-state index contributed by atoms with van der Waals surface area (Å²) in [6.07, 6.45) is 3.14. The quantitative estimate of drug-likeness (QED) is 0.444. The highest BCUT2D eigenvalue weighted by molar-refractivity contribution is 7.99. The van der Waals surface area contributed by atoms with Gasteiger partial charge in [0.2, 0.25) is 11.8 Å². The molecule has 0 radical (unpaired) electrons. The summed E-state index contributed by atoms with van der Waals surface area (Å²) in [7, 11) is 0. The normalized spacial score (nSPS) is 10.9. The first kappa shape index (κ1) is 18.7. The minimum atomic E-state index is -0.133. The van der Waals surface area contributed by atoms with E-state index in [9.17, 15) is 4.79 Å². The largest absolute Gasteiger partial charge is 0.443 e. The molecule has 4 aromatic rings. The molecule has 0 unspecified atom stereocenters. The molecule has 10 heteroatoms. The van der Waals surface area contributed by atoms with E-state index >= 15 is 0 Å². The third-order valence-corrected chi connectivity index (χ3v) is 5.72. The zero-order valence-electron chi connectivity index (χ0n) is 14.4. The van der Waals surface area contributed by atoms with Crippen LogP contribution in [0.2, 0.25) is 5.02 Å². The van der Waals surface area contributed by atoms with Gasteiger partial charge in [0.05, 0.1) is 28.6 Å². The zero-order chi connectivity index (χ0) is 19.3. The molecule has 0 saturated carbocycles. The maximum atomic E-state index is 12.2. The van der Waals surface area contributed by atoms with Crippen LogP contribution in [0.15, 0.2) is 63.9 Å². The van der Waals surface area contributed by atoms with Gasteiger partial charge < -0.3 is 9.73 Å². The molecule has 1 amide bonds. The molecule has 0 aliphatic carbocycles. The van der Waals surface area contributed by atoms with E-state index in [0.717, 1.165) is 10.6 Å². The van der Waals surface area contributed by atoms with Gasteiger partial charge in [0.1, 0.15) is 12.6 Å². The van der Waals surface area contributed by atoms with Crippen molar-refractivity contribution in [3.63, 3.8) is 0 Å². The summed E-state index contributed by atoms with van der Waals surface area (Å²) in [4.78, 5) is 17.5. The predicted molar refractivity (Wildman–Crippen MR) is 109 cm³/mol. The van der Waals surface area contributed by atoms with E-state index in [1.165, 1.54) is 11.8 Å². The number of nitrogens with zero attached hydrogens (tertiary/aromatic N) is 4. The number of nitrogens with one attached hydrogen (secondary N) is 1. The summed E-state index contributed by atoms with van der Waals surface area (Å²) in [5.41, 5.74) is 1.51. The SMILES string of the molecule is O=C(CSc1nncn1-c1cccc(Cl)c1)NCc1coc(-c2cccs2)n1. The monoisotopic (exact) mass is 431 g/mol. The Kier molecular flexibility index (Phi) is 5.75. The Hall–Kier alpha value is -2.62. The highest BCUT2D eigenvalue weighted by atomic mass is 35.5. The second kappa shape index (κ2) is 8.59. The minimum absolute atomic E-state index is 0.133. The molecule has 0 aliphatic heterocycles. The number of thiophene rings is 1. The Morgan fingerprint density at radius 2 is 2.25 bits per heavy atom. The Labute approximate surface area is 173 Å². The van der Waals surface area contributed by atoms with Crippen molar-refractivity contribution in [2.75, 3.05) is 5.75 Å². The van der Waals surface area contributed by atoms with Crippen LogP contribution in [0, 0.1) is 0 Å².